The molecule has 16 heavy (non-hydrogen) atoms. The molecule has 0 aliphatic heterocycles. The molecular weight excluding hydrogens is 200 g/mol. The Hall–Kier alpha value is -1.06. The number of benzene rings is 1. The molecule has 0 fully saturated rings. The van der Waals surface area contributed by atoms with Gasteiger partial charge in [-0.2, -0.15) is 0 Å². The third-order valence-electron chi connectivity index (χ3n) is 2.88. The van der Waals surface area contributed by atoms with Crippen LogP contribution in [0.5, 0.6) is 0 Å². The lowest BCUT2D eigenvalue weighted by molar-refractivity contribution is 0.183. The van der Waals surface area contributed by atoms with Gasteiger partial charge >= 0.3 is 0 Å². The first-order valence-electron chi connectivity index (χ1n) is 5.64. The van der Waals surface area contributed by atoms with Gasteiger partial charge in [0.1, 0.15) is 0 Å². The minimum absolute atomic E-state index is 0.0494. The summed E-state index contributed by atoms with van der Waals surface area (Å²) in [6, 6.07) is 8.63. The summed E-state index contributed by atoms with van der Waals surface area (Å²) >= 11 is 0. The third-order valence-corrected chi connectivity index (χ3v) is 2.88. The predicted octanol–water partition coefficient (Wildman–Crippen LogP) is 2.18. The largest absolute Gasteiger partial charge is 0.383 e. The van der Waals surface area contributed by atoms with Gasteiger partial charge in [-0.3, -0.25) is 0 Å². The van der Waals surface area contributed by atoms with Crippen LogP contribution in [0.15, 0.2) is 24.3 Å². The van der Waals surface area contributed by atoms with E-state index in [0.717, 1.165) is 0 Å². The second-order valence-corrected chi connectivity index (χ2v) is 4.26. The maximum absolute atomic E-state index is 5.97. The molecule has 0 heterocycles. The standard InChI is InChI=1S/C13H22N2O/c1-10(9-16-4)15(3)13-8-6-5-7-12(13)11(2)14/h5-8,10-11H,9,14H2,1-4H3. The lowest BCUT2D eigenvalue weighted by atomic mass is 10.1. The van der Waals surface area contributed by atoms with Crippen LogP contribution in [-0.4, -0.2) is 26.8 Å². The summed E-state index contributed by atoms with van der Waals surface area (Å²) in [5.41, 5.74) is 8.32. The molecule has 0 amide bonds. The van der Waals surface area contributed by atoms with E-state index in [0.29, 0.717) is 12.6 Å². The summed E-state index contributed by atoms with van der Waals surface area (Å²) in [6.07, 6.45) is 0. The van der Waals surface area contributed by atoms with Crippen LogP contribution in [0.1, 0.15) is 25.5 Å². The van der Waals surface area contributed by atoms with Crippen molar-refractivity contribution in [2.75, 3.05) is 25.7 Å². The number of nitrogens with two attached hydrogens (primary N) is 1. The molecule has 3 nitrogen and oxygen atoms in total. The van der Waals surface area contributed by atoms with Gasteiger partial charge in [-0.1, -0.05) is 18.2 Å². The SMILES string of the molecule is COCC(C)N(C)c1ccccc1C(C)N. The highest BCUT2D eigenvalue weighted by Crippen LogP contribution is 2.25. The summed E-state index contributed by atoms with van der Waals surface area (Å²) in [7, 11) is 3.80. The molecule has 0 aromatic heterocycles. The number of hydrogen-bond acceptors (Lipinski definition) is 3. The molecule has 0 aliphatic rings. The Balaban J connectivity index is 2.93. The first-order valence-corrected chi connectivity index (χ1v) is 5.64. The van der Waals surface area contributed by atoms with Crippen molar-refractivity contribution in [1.29, 1.82) is 0 Å². The lowest BCUT2D eigenvalue weighted by Crippen LogP contribution is -2.33. The van der Waals surface area contributed by atoms with Gasteiger partial charge in [-0.05, 0) is 25.5 Å². The number of anilines is 1. The molecule has 2 N–H and O–H groups in total. The summed E-state index contributed by atoms with van der Waals surface area (Å²) in [6.45, 7) is 4.86. The van der Waals surface area contributed by atoms with Gasteiger partial charge in [0.2, 0.25) is 0 Å². The average Bonchev–Trinajstić information content (AvgIpc) is 2.28. The Morgan fingerprint density at radius 3 is 2.50 bits per heavy atom. The van der Waals surface area contributed by atoms with Crippen LogP contribution in [0.4, 0.5) is 5.69 Å². The molecule has 0 radical (unpaired) electrons. The number of likely N-dealkylation sites (N-methyl/N-ethyl adjacent to an activating group) is 1. The zero-order chi connectivity index (χ0) is 12.1. The van der Waals surface area contributed by atoms with Gasteiger partial charge in [0.15, 0.2) is 0 Å². The number of rotatable bonds is 5. The molecule has 1 rings (SSSR count). The monoisotopic (exact) mass is 222 g/mol. The van der Waals surface area contributed by atoms with Crippen LogP contribution in [0, 0.1) is 0 Å². The van der Waals surface area contributed by atoms with Crippen LogP contribution in [0.2, 0.25) is 0 Å². The third kappa shape index (κ3) is 2.97. The topological polar surface area (TPSA) is 38.5 Å². The molecule has 1 aromatic carbocycles. The number of hydrogen-bond donors (Lipinski definition) is 1. The molecular formula is C13H22N2O. The zero-order valence-electron chi connectivity index (χ0n) is 10.6. The Labute approximate surface area is 98.2 Å². The quantitative estimate of drug-likeness (QED) is 0.830. The van der Waals surface area contributed by atoms with E-state index >= 15 is 0 Å². The van der Waals surface area contributed by atoms with E-state index in [4.69, 9.17) is 10.5 Å². The average molecular weight is 222 g/mol. The summed E-state index contributed by atoms with van der Waals surface area (Å²) in [5, 5.41) is 0. The molecule has 0 bridgehead atoms. The van der Waals surface area contributed by atoms with Gasteiger partial charge in [-0.15, -0.1) is 0 Å². The van der Waals surface area contributed by atoms with Gasteiger partial charge in [-0.25, -0.2) is 0 Å². The minimum Gasteiger partial charge on any atom is -0.383 e. The first kappa shape index (κ1) is 13.0. The molecule has 0 saturated carbocycles. The van der Waals surface area contributed by atoms with Gasteiger partial charge in [0.25, 0.3) is 0 Å². The number of nitrogens with zero attached hydrogens (tertiary/aromatic N) is 1. The van der Waals surface area contributed by atoms with Crippen molar-refractivity contribution >= 4 is 5.69 Å². The highest BCUT2D eigenvalue weighted by atomic mass is 16.5. The second kappa shape index (κ2) is 5.87. The molecule has 90 valence electrons. The second-order valence-electron chi connectivity index (χ2n) is 4.26. The molecule has 2 atom stereocenters. The lowest BCUT2D eigenvalue weighted by Gasteiger charge is -2.29. The molecule has 0 saturated heterocycles. The van der Waals surface area contributed by atoms with Crippen molar-refractivity contribution < 1.29 is 4.74 Å². The van der Waals surface area contributed by atoms with E-state index in [1.165, 1.54) is 11.3 Å². The molecule has 3 heteroatoms. The zero-order valence-corrected chi connectivity index (χ0v) is 10.6. The van der Waals surface area contributed by atoms with Crippen LogP contribution in [-0.2, 0) is 4.74 Å². The Bertz CT molecular complexity index is 325. The van der Waals surface area contributed by atoms with Crippen molar-refractivity contribution in [2.24, 2.45) is 5.73 Å². The summed E-state index contributed by atoms with van der Waals surface area (Å²) in [5.74, 6) is 0. The molecule has 0 aliphatic carbocycles. The van der Waals surface area contributed by atoms with Crippen LogP contribution in [0.3, 0.4) is 0 Å². The van der Waals surface area contributed by atoms with Crippen molar-refractivity contribution in [2.45, 2.75) is 25.9 Å². The van der Waals surface area contributed by atoms with Crippen LogP contribution < -0.4 is 10.6 Å². The van der Waals surface area contributed by atoms with E-state index in [2.05, 4.69) is 31.0 Å². The van der Waals surface area contributed by atoms with E-state index in [9.17, 15) is 0 Å². The van der Waals surface area contributed by atoms with Gasteiger partial charge in [0, 0.05) is 31.9 Å². The normalized spacial score (nSPS) is 14.6. The van der Waals surface area contributed by atoms with Crippen molar-refractivity contribution in [3.63, 3.8) is 0 Å². The Morgan fingerprint density at radius 1 is 1.31 bits per heavy atom. The minimum atomic E-state index is 0.0494. The fourth-order valence-corrected chi connectivity index (χ4v) is 1.78. The highest BCUT2D eigenvalue weighted by molar-refractivity contribution is 5.54. The molecule has 0 spiro atoms. The van der Waals surface area contributed by atoms with Gasteiger partial charge < -0.3 is 15.4 Å². The number of ether oxygens (including phenoxy) is 1. The predicted molar refractivity (Wildman–Crippen MR) is 68.8 cm³/mol. The first-order chi connectivity index (χ1) is 7.57. The summed E-state index contributed by atoms with van der Waals surface area (Å²) in [4.78, 5) is 2.21. The maximum Gasteiger partial charge on any atom is 0.0663 e. The fraction of sp³-hybridized carbons (Fsp3) is 0.538. The van der Waals surface area contributed by atoms with Crippen molar-refractivity contribution in [1.82, 2.24) is 0 Å². The van der Waals surface area contributed by atoms with Crippen LogP contribution >= 0.6 is 0 Å². The molecule has 2 unspecified atom stereocenters. The summed E-state index contributed by atoms with van der Waals surface area (Å²) < 4.78 is 5.17. The van der Waals surface area contributed by atoms with E-state index in [-0.39, 0.29) is 6.04 Å². The highest BCUT2D eigenvalue weighted by Gasteiger charge is 2.14. The van der Waals surface area contributed by atoms with Crippen molar-refractivity contribution in [3.05, 3.63) is 29.8 Å². The van der Waals surface area contributed by atoms with Crippen LogP contribution in [0.25, 0.3) is 0 Å². The van der Waals surface area contributed by atoms with E-state index < -0.39 is 0 Å². The van der Waals surface area contributed by atoms with Gasteiger partial charge in [0.05, 0.1) is 6.61 Å². The number of para-hydroxylation sites is 1. The maximum atomic E-state index is 5.97. The smallest absolute Gasteiger partial charge is 0.0663 e. The Morgan fingerprint density at radius 2 is 1.94 bits per heavy atom. The number of methoxy groups -OCH3 is 1. The van der Waals surface area contributed by atoms with Crippen molar-refractivity contribution in [3.8, 4) is 0 Å². The molecule has 1 aromatic rings. The van der Waals surface area contributed by atoms with E-state index in [1.54, 1.807) is 7.11 Å². The van der Waals surface area contributed by atoms with E-state index in [1.807, 2.05) is 19.1 Å². The fourth-order valence-electron chi connectivity index (χ4n) is 1.78. The Kier molecular flexibility index (Phi) is 4.77.